The fraction of sp³-hybridized carbons (Fsp3) is 0.889. The molecule has 3 rings (SSSR count). The third kappa shape index (κ3) is 1.34. The molecule has 3 N–H and O–H groups in total. The molecule has 1 aliphatic carbocycles. The van der Waals surface area contributed by atoms with Crippen molar-refractivity contribution in [2.75, 3.05) is 13.1 Å². The van der Waals surface area contributed by atoms with Gasteiger partial charge in [0.1, 0.15) is 0 Å². The van der Waals surface area contributed by atoms with E-state index in [0.717, 1.165) is 6.42 Å². The number of aliphatic hydroxyl groups excluding tert-OH is 1. The Balaban J connectivity index is 1.95. The summed E-state index contributed by atoms with van der Waals surface area (Å²) in [5.74, 6) is 0.629. The molecular weight excluding hydrogens is 168 g/mol. The summed E-state index contributed by atoms with van der Waals surface area (Å²) in [5, 5.41) is 9.50. The Morgan fingerprint density at radius 2 is 2.08 bits per heavy atom. The maximum Gasteiger partial charge on any atom is 0.239 e. The van der Waals surface area contributed by atoms with Crippen LogP contribution in [0.4, 0.5) is 0 Å². The van der Waals surface area contributed by atoms with Crippen molar-refractivity contribution in [2.24, 2.45) is 17.6 Å². The Morgan fingerprint density at radius 3 is 2.46 bits per heavy atom. The minimum Gasteiger partial charge on any atom is -0.392 e. The number of carbonyl (C=O) groups is 1. The van der Waals surface area contributed by atoms with E-state index in [2.05, 4.69) is 0 Å². The lowest BCUT2D eigenvalue weighted by atomic mass is 9.68. The van der Waals surface area contributed by atoms with Crippen molar-refractivity contribution >= 4 is 5.91 Å². The Hall–Kier alpha value is -0.610. The third-order valence-electron chi connectivity index (χ3n) is 3.18. The first-order valence-electron chi connectivity index (χ1n) is 4.82. The number of nitrogens with zero attached hydrogens (tertiary/aromatic N) is 1. The summed E-state index contributed by atoms with van der Waals surface area (Å²) in [4.78, 5) is 13.3. The molecule has 3 fully saturated rings. The minimum absolute atomic E-state index is 0.0154. The molecule has 2 saturated heterocycles. The number of fused-ring (bicyclic) bond motifs is 2. The summed E-state index contributed by atoms with van der Waals surface area (Å²) in [6.45, 7) is 3.09. The number of hydrogen-bond acceptors (Lipinski definition) is 3. The molecule has 2 heterocycles. The van der Waals surface area contributed by atoms with E-state index in [9.17, 15) is 9.90 Å². The SMILES string of the molecule is CC(N)C(=O)N1CC2CC(C1)C2O. The Morgan fingerprint density at radius 1 is 1.54 bits per heavy atom. The molecule has 4 heteroatoms. The summed E-state index contributed by atoms with van der Waals surface area (Å²) in [6, 6.07) is -0.408. The molecule has 3 aliphatic rings. The van der Waals surface area contributed by atoms with Crippen LogP contribution in [0.1, 0.15) is 13.3 Å². The summed E-state index contributed by atoms with van der Waals surface area (Å²) < 4.78 is 0. The van der Waals surface area contributed by atoms with E-state index in [1.807, 2.05) is 0 Å². The molecule has 0 aromatic rings. The van der Waals surface area contributed by atoms with Gasteiger partial charge in [-0.1, -0.05) is 0 Å². The van der Waals surface area contributed by atoms with Gasteiger partial charge in [-0.15, -0.1) is 0 Å². The summed E-state index contributed by atoms with van der Waals surface area (Å²) in [6.07, 6.45) is 0.904. The van der Waals surface area contributed by atoms with Gasteiger partial charge in [-0.25, -0.2) is 0 Å². The van der Waals surface area contributed by atoms with Crippen molar-refractivity contribution in [1.29, 1.82) is 0 Å². The molecule has 0 aromatic heterocycles. The smallest absolute Gasteiger partial charge is 0.239 e. The van der Waals surface area contributed by atoms with Crippen LogP contribution in [0.5, 0.6) is 0 Å². The average Bonchev–Trinajstić information content (AvgIpc) is 2.15. The van der Waals surface area contributed by atoms with E-state index in [4.69, 9.17) is 5.73 Å². The molecule has 2 bridgehead atoms. The molecule has 3 unspecified atom stereocenters. The highest BCUT2D eigenvalue weighted by Gasteiger charge is 2.46. The number of carbonyl (C=O) groups excluding carboxylic acids is 1. The Bertz CT molecular complexity index is 218. The van der Waals surface area contributed by atoms with Gasteiger partial charge < -0.3 is 15.7 Å². The summed E-state index contributed by atoms with van der Waals surface area (Å²) >= 11 is 0. The first-order valence-corrected chi connectivity index (χ1v) is 4.82. The maximum atomic E-state index is 11.5. The number of hydrogen-bond donors (Lipinski definition) is 2. The van der Waals surface area contributed by atoms with Gasteiger partial charge in [-0.3, -0.25) is 4.79 Å². The van der Waals surface area contributed by atoms with Crippen molar-refractivity contribution in [1.82, 2.24) is 4.90 Å². The van der Waals surface area contributed by atoms with E-state index < -0.39 is 6.04 Å². The van der Waals surface area contributed by atoms with Crippen molar-refractivity contribution in [3.05, 3.63) is 0 Å². The fourth-order valence-electron chi connectivity index (χ4n) is 2.33. The second-order valence-corrected chi connectivity index (χ2v) is 4.28. The van der Waals surface area contributed by atoms with Crippen LogP contribution in [0.25, 0.3) is 0 Å². The number of rotatable bonds is 1. The average molecular weight is 184 g/mol. The second kappa shape index (κ2) is 2.96. The van der Waals surface area contributed by atoms with Gasteiger partial charge >= 0.3 is 0 Å². The largest absolute Gasteiger partial charge is 0.392 e. The Labute approximate surface area is 77.7 Å². The van der Waals surface area contributed by atoms with E-state index in [1.165, 1.54) is 0 Å². The zero-order chi connectivity index (χ0) is 9.59. The van der Waals surface area contributed by atoms with Crippen LogP contribution in [0.3, 0.4) is 0 Å². The quantitative estimate of drug-likeness (QED) is 0.559. The zero-order valence-electron chi connectivity index (χ0n) is 7.81. The first kappa shape index (κ1) is 8.97. The molecular formula is C9H16N2O2. The van der Waals surface area contributed by atoms with E-state index in [1.54, 1.807) is 11.8 Å². The van der Waals surface area contributed by atoms with Crippen molar-refractivity contribution in [2.45, 2.75) is 25.5 Å². The van der Waals surface area contributed by atoms with E-state index in [-0.39, 0.29) is 12.0 Å². The lowest BCUT2D eigenvalue weighted by Crippen LogP contribution is -2.61. The standard InChI is InChI=1S/C9H16N2O2/c1-5(10)9(13)11-3-6-2-7(4-11)8(6)12/h5-8,12H,2-4,10H2,1H3. The van der Waals surface area contributed by atoms with Crippen LogP contribution in [0.2, 0.25) is 0 Å². The zero-order valence-corrected chi connectivity index (χ0v) is 7.81. The van der Waals surface area contributed by atoms with Gasteiger partial charge in [0, 0.05) is 24.9 Å². The minimum atomic E-state index is -0.408. The van der Waals surface area contributed by atoms with Gasteiger partial charge in [-0.05, 0) is 13.3 Å². The lowest BCUT2D eigenvalue weighted by Gasteiger charge is -2.51. The van der Waals surface area contributed by atoms with Crippen LogP contribution >= 0.6 is 0 Å². The number of piperidine rings is 2. The van der Waals surface area contributed by atoms with Crippen LogP contribution in [0.15, 0.2) is 0 Å². The predicted molar refractivity (Wildman–Crippen MR) is 47.8 cm³/mol. The topological polar surface area (TPSA) is 66.6 Å². The van der Waals surface area contributed by atoms with Gasteiger partial charge in [0.2, 0.25) is 5.91 Å². The first-order chi connectivity index (χ1) is 6.09. The number of amides is 1. The molecule has 2 aliphatic heterocycles. The highest BCUT2D eigenvalue weighted by Crippen LogP contribution is 2.39. The molecule has 1 amide bonds. The molecule has 0 aromatic carbocycles. The van der Waals surface area contributed by atoms with Gasteiger partial charge in [-0.2, -0.15) is 0 Å². The van der Waals surface area contributed by atoms with Crippen molar-refractivity contribution < 1.29 is 9.90 Å². The highest BCUT2D eigenvalue weighted by atomic mass is 16.3. The maximum absolute atomic E-state index is 11.5. The van der Waals surface area contributed by atoms with E-state index in [0.29, 0.717) is 24.9 Å². The molecule has 13 heavy (non-hydrogen) atoms. The number of nitrogens with two attached hydrogens (primary N) is 1. The fourth-order valence-corrected chi connectivity index (χ4v) is 2.33. The molecule has 1 saturated carbocycles. The van der Waals surface area contributed by atoms with Gasteiger partial charge in [0.15, 0.2) is 0 Å². The predicted octanol–water partition coefficient (Wildman–Crippen LogP) is -0.827. The summed E-state index contributed by atoms with van der Waals surface area (Å²) in [7, 11) is 0. The molecule has 4 nitrogen and oxygen atoms in total. The second-order valence-electron chi connectivity index (χ2n) is 4.28. The normalized spacial score (nSPS) is 39.6. The van der Waals surface area contributed by atoms with Crippen LogP contribution in [-0.4, -0.2) is 41.1 Å². The highest BCUT2D eigenvalue weighted by molar-refractivity contribution is 5.81. The van der Waals surface area contributed by atoms with E-state index >= 15 is 0 Å². The van der Waals surface area contributed by atoms with Crippen LogP contribution in [-0.2, 0) is 4.79 Å². The monoisotopic (exact) mass is 184 g/mol. The molecule has 0 radical (unpaired) electrons. The molecule has 74 valence electrons. The van der Waals surface area contributed by atoms with Gasteiger partial charge in [0.05, 0.1) is 12.1 Å². The number of aliphatic hydroxyl groups is 1. The van der Waals surface area contributed by atoms with Gasteiger partial charge in [0.25, 0.3) is 0 Å². The van der Waals surface area contributed by atoms with Crippen LogP contribution < -0.4 is 5.73 Å². The van der Waals surface area contributed by atoms with Crippen molar-refractivity contribution in [3.8, 4) is 0 Å². The third-order valence-corrected chi connectivity index (χ3v) is 3.18. The lowest BCUT2D eigenvalue weighted by molar-refractivity contribution is -0.151. The van der Waals surface area contributed by atoms with Crippen molar-refractivity contribution in [3.63, 3.8) is 0 Å². The Kier molecular flexibility index (Phi) is 2.04. The summed E-state index contributed by atoms with van der Waals surface area (Å²) in [5.41, 5.74) is 5.51. The molecule has 0 spiro atoms. The molecule has 3 atom stereocenters. The van der Waals surface area contributed by atoms with Crippen LogP contribution in [0, 0.1) is 11.8 Å².